The molecule has 0 aromatic carbocycles. The molecule has 0 aromatic heterocycles. The Kier molecular flexibility index (Phi) is 3.69. The highest BCUT2D eigenvalue weighted by atomic mass is 16.4. The second kappa shape index (κ2) is 4.62. The van der Waals surface area contributed by atoms with Crippen LogP contribution in [0.3, 0.4) is 0 Å². The van der Waals surface area contributed by atoms with Crippen molar-refractivity contribution in [3.63, 3.8) is 0 Å². The monoisotopic (exact) mass is 209 g/mol. The maximum atomic E-state index is 11.5. The molecule has 0 radical (unpaired) electrons. The minimum absolute atomic E-state index is 0.0556. The standard InChI is InChI=1S/C12H19NO2/c1-4-7-10-8-5-6-9-12(10,11(14)15)13(2)3/h5-6,8-10H,4,7H2,1-3H3,(H,14,15). The zero-order valence-corrected chi connectivity index (χ0v) is 9.60. The first-order valence-electron chi connectivity index (χ1n) is 5.32. The van der Waals surface area contributed by atoms with Crippen LogP contribution in [0.4, 0.5) is 0 Å². The normalized spacial score (nSPS) is 29.7. The fourth-order valence-corrected chi connectivity index (χ4v) is 2.20. The van der Waals surface area contributed by atoms with E-state index in [2.05, 4.69) is 6.92 Å². The first-order chi connectivity index (χ1) is 7.05. The number of nitrogens with zero attached hydrogens (tertiary/aromatic N) is 1. The van der Waals surface area contributed by atoms with Crippen LogP contribution < -0.4 is 0 Å². The third kappa shape index (κ3) is 1.97. The highest BCUT2D eigenvalue weighted by Crippen LogP contribution is 2.32. The summed E-state index contributed by atoms with van der Waals surface area (Å²) in [7, 11) is 3.64. The minimum Gasteiger partial charge on any atom is -0.480 e. The number of hydrogen-bond donors (Lipinski definition) is 1. The molecule has 3 heteroatoms. The number of carboxylic acid groups (broad SMARTS) is 1. The Morgan fingerprint density at radius 2 is 2.13 bits per heavy atom. The van der Waals surface area contributed by atoms with E-state index in [9.17, 15) is 9.90 Å². The van der Waals surface area contributed by atoms with E-state index in [4.69, 9.17) is 0 Å². The molecular formula is C12H19NO2. The van der Waals surface area contributed by atoms with Gasteiger partial charge in [0, 0.05) is 5.92 Å². The molecule has 15 heavy (non-hydrogen) atoms. The van der Waals surface area contributed by atoms with Crippen LogP contribution in [0.2, 0.25) is 0 Å². The van der Waals surface area contributed by atoms with Crippen molar-refractivity contribution in [2.75, 3.05) is 14.1 Å². The molecule has 1 rings (SSSR count). The maximum absolute atomic E-state index is 11.5. The smallest absolute Gasteiger partial charge is 0.328 e. The molecule has 2 atom stereocenters. The van der Waals surface area contributed by atoms with Gasteiger partial charge in [-0.3, -0.25) is 4.90 Å². The zero-order chi connectivity index (χ0) is 11.5. The Hall–Kier alpha value is -1.09. The van der Waals surface area contributed by atoms with Crippen molar-refractivity contribution in [1.82, 2.24) is 4.90 Å². The first-order valence-corrected chi connectivity index (χ1v) is 5.32. The summed E-state index contributed by atoms with van der Waals surface area (Å²) in [4.78, 5) is 13.3. The van der Waals surface area contributed by atoms with Crippen molar-refractivity contribution in [2.24, 2.45) is 5.92 Å². The van der Waals surface area contributed by atoms with Gasteiger partial charge in [-0.05, 0) is 20.5 Å². The molecule has 0 saturated carbocycles. The van der Waals surface area contributed by atoms with E-state index < -0.39 is 11.5 Å². The summed E-state index contributed by atoms with van der Waals surface area (Å²) < 4.78 is 0. The SMILES string of the molecule is CCCC1C=CC=CC1(C(=O)O)N(C)C. The summed E-state index contributed by atoms with van der Waals surface area (Å²) in [6, 6.07) is 0. The van der Waals surface area contributed by atoms with Gasteiger partial charge in [0.05, 0.1) is 0 Å². The van der Waals surface area contributed by atoms with E-state index in [1.165, 1.54) is 0 Å². The fraction of sp³-hybridized carbons (Fsp3) is 0.583. The van der Waals surface area contributed by atoms with Gasteiger partial charge in [-0.1, -0.05) is 37.6 Å². The Labute approximate surface area is 91.1 Å². The van der Waals surface area contributed by atoms with Gasteiger partial charge in [-0.15, -0.1) is 0 Å². The number of rotatable bonds is 4. The van der Waals surface area contributed by atoms with Crippen LogP contribution in [0.1, 0.15) is 19.8 Å². The minimum atomic E-state index is -0.870. The molecular weight excluding hydrogens is 190 g/mol. The molecule has 0 heterocycles. The molecule has 0 aromatic rings. The van der Waals surface area contributed by atoms with E-state index >= 15 is 0 Å². The molecule has 2 unspecified atom stereocenters. The largest absolute Gasteiger partial charge is 0.480 e. The average molecular weight is 209 g/mol. The summed E-state index contributed by atoms with van der Waals surface area (Å²) in [5.41, 5.74) is -0.870. The zero-order valence-electron chi connectivity index (χ0n) is 9.60. The van der Waals surface area contributed by atoms with Gasteiger partial charge in [-0.25, -0.2) is 4.79 Å². The molecule has 0 saturated heterocycles. The van der Waals surface area contributed by atoms with Crippen LogP contribution in [0.15, 0.2) is 24.3 Å². The Balaban J connectivity index is 3.08. The second-order valence-corrected chi connectivity index (χ2v) is 4.16. The molecule has 84 valence electrons. The van der Waals surface area contributed by atoms with Crippen molar-refractivity contribution in [2.45, 2.75) is 25.3 Å². The predicted molar refractivity (Wildman–Crippen MR) is 60.7 cm³/mol. The van der Waals surface area contributed by atoms with E-state index in [0.717, 1.165) is 12.8 Å². The molecule has 0 aliphatic heterocycles. The summed E-state index contributed by atoms with van der Waals surface area (Å²) in [5.74, 6) is -0.716. The van der Waals surface area contributed by atoms with Crippen molar-refractivity contribution in [1.29, 1.82) is 0 Å². The van der Waals surface area contributed by atoms with Crippen LogP contribution in [0, 0.1) is 5.92 Å². The number of hydrogen-bond acceptors (Lipinski definition) is 2. The van der Waals surface area contributed by atoms with Crippen molar-refractivity contribution in [3.8, 4) is 0 Å². The lowest BCUT2D eigenvalue weighted by Gasteiger charge is -2.40. The lowest BCUT2D eigenvalue weighted by molar-refractivity contribution is -0.149. The van der Waals surface area contributed by atoms with Crippen molar-refractivity contribution < 1.29 is 9.90 Å². The van der Waals surface area contributed by atoms with Gasteiger partial charge in [0.2, 0.25) is 0 Å². The number of allylic oxidation sites excluding steroid dienone is 2. The van der Waals surface area contributed by atoms with E-state index in [1.54, 1.807) is 11.0 Å². The summed E-state index contributed by atoms with van der Waals surface area (Å²) in [5, 5.41) is 9.43. The van der Waals surface area contributed by atoms with Gasteiger partial charge in [0.25, 0.3) is 0 Å². The van der Waals surface area contributed by atoms with Crippen molar-refractivity contribution >= 4 is 5.97 Å². The van der Waals surface area contributed by atoms with Gasteiger partial charge < -0.3 is 5.11 Å². The molecule has 0 spiro atoms. The number of likely N-dealkylation sites (N-methyl/N-ethyl adjacent to an activating group) is 1. The number of aliphatic carboxylic acids is 1. The molecule has 0 bridgehead atoms. The van der Waals surface area contributed by atoms with E-state index in [1.807, 2.05) is 32.3 Å². The molecule has 1 aliphatic rings. The van der Waals surface area contributed by atoms with Gasteiger partial charge in [0.1, 0.15) is 5.54 Å². The predicted octanol–water partition coefficient (Wildman–Crippen LogP) is 1.91. The van der Waals surface area contributed by atoms with Crippen LogP contribution >= 0.6 is 0 Å². The molecule has 1 aliphatic carbocycles. The molecule has 0 fully saturated rings. The summed E-state index contributed by atoms with van der Waals surface area (Å²) >= 11 is 0. The third-order valence-electron chi connectivity index (χ3n) is 3.05. The molecule has 3 nitrogen and oxygen atoms in total. The Bertz CT molecular complexity index is 294. The van der Waals surface area contributed by atoms with Gasteiger partial charge >= 0.3 is 5.97 Å². The van der Waals surface area contributed by atoms with Crippen LogP contribution in [-0.4, -0.2) is 35.6 Å². The third-order valence-corrected chi connectivity index (χ3v) is 3.05. The fourth-order valence-electron chi connectivity index (χ4n) is 2.20. The number of carbonyl (C=O) groups is 1. The summed E-state index contributed by atoms with van der Waals surface area (Å²) in [6.45, 7) is 2.08. The topological polar surface area (TPSA) is 40.5 Å². The van der Waals surface area contributed by atoms with Gasteiger partial charge in [0.15, 0.2) is 0 Å². The average Bonchev–Trinajstić information content (AvgIpc) is 2.18. The summed E-state index contributed by atoms with van der Waals surface area (Å²) in [6.07, 6.45) is 9.43. The lowest BCUT2D eigenvalue weighted by Crippen LogP contribution is -2.55. The Morgan fingerprint density at radius 3 is 2.60 bits per heavy atom. The second-order valence-electron chi connectivity index (χ2n) is 4.16. The Morgan fingerprint density at radius 1 is 1.47 bits per heavy atom. The number of carboxylic acids is 1. The molecule has 0 amide bonds. The lowest BCUT2D eigenvalue weighted by atomic mass is 9.77. The highest BCUT2D eigenvalue weighted by molar-refractivity contribution is 5.83. The van der Waals surface area contributed by atoms with Crippen LogP contribution in [0.5, 0.6) is 0 Å². The van der Waals surface area contributed by atoms with Crippen LogP contribution in [0.25, 0.3) is 0 Å². The first kappa shape index (κ1) is 12.0. The molecule has 1 N–H and O–H groups in total. The van der Waals surface area contributed by atoms with Crippen molar-refractivity contribution in [3.05, 3.63) is 24.3 Å². The highest BCUT2D eigenvalue weighted by Gasteiger charge is 2.45. The quantitative estimate of drug-likeness (QED) is 0.769. The van der Waals surface area contributed by atoms with E-state index in [0.29, 0.717) is 0 Å². The van der Waals surface area contributed by atoms with E-state index in [-0.39, 0.29) is 5.92 Å². The van der Waals surface area contributed by atoms with Gasteiger partial charge in [-0.2, -0.15) is 0 Å². The maximum Gasteiger partial charge on any atom is 0.328 e. The van der Waals surface area contributed by atoms with Crippen LogP contribution in [-0.2, 0) is 4.79 Å².